The van der Waals surface area contributed by atoms with Crippen LogP contribution in [0.1, 0.15) is 51.4 Å². The fraction of sp³-hybridized carbons (Fsp3) is 1.00. The Morgan fingerprint density at radius 1 is 0.714 bits per heavy atom. The first-order valence-electron chi connectivity index (χ1n) is 6.29. The molecule has 0 atom stereocenters. The van der Waals surface area contributed by atoms with Gasteiger partial charge >= 0.3 is 0 Å². The van der Waals surface area contributed by atoms with Gasteiger partial charge in [0.05, 0.1) is 0 Å². The van der Waals surface area contributed by atoms with Gasteiger partial charge in [-0.1, -0.05) is 25.7 Å². The van der Waals surface area contributed by atoms with Crippen LogP contribution in [0.4, 0.5) is 0 Å². The highest BCUT2D eigenvalue weighted by Gasteiger charge is 2.18. The van der Waals surface area contributed by atoms with Crippen LogP contribution in [0.3, 0.4) is 0 Å². The minimum absolute atomic E-state index is 0.847. The second kappa shape index (κ2) is 6.02. The lowest BCUT2D eigenvalue weighted by molar-refractivity contribution is 0.377. The number of nitrogens with one attached hydrogen (secondary N) is 1. The van der Waals surface area contributed by atoms with Crippen molar-refractivity contribution in [2.45, 2.75) is 63.5 Å². The smallest absolute Gasteiger partial charge is 0.00853 e. The molecule has 0 aromatic heterocycles. The summed E-state index contributed by atoms with van der Waals surface area (Å²) in [4.78, 5) is 0. The third-order valence-electron chi connectivity index (χ3n) is 3.55. The third-order valence-corrected chi connectivity index (χ3v) is 4.60. The van der Waals surface area contributed by atoms with Crippen LogP contribution in [0.25, 0.3) is 0 Å². The van der Waals surface area contributed by atoms with Crippen molar-refractivity contribution in [2.75, 3.05) is 11.5 Å². The SMILES string of the molecule is C1CCCC(NC2CCSCC2)CC1. The van der Waals surface area contributed by atoms with Gasteiger partial charge in [0, 0.05) is 12.1 Å². The average Bonchev–Trinajstić information content (AvgIpc) is 2.48. The molecule has 2 heteroatoms. The van der Waals surface area contributed by atoms with Gasteiger partial charge in [0.25, 0.3) is 0 Å². The summed E-state index contributed by atoms with van der Waals surface area (Å²) in [7, 11) is 0. The van der Waals surface area contributed by atoms with Crippen molar-refractivity contribution >= 4 is 11.8 Å². The molecule has 0 aromatic rings. The van der Waals surface area contributed by atoms with Crippen molar-refractivity contribution in [1.29, 1.82) is 0 Å². The van der Waals surface area contributed by atoms with E-state index >= 15 is 0 Å². The molecule has 0 unspecified atom stereocenters. The lowest BCUT2D eigenvalue weighted by atomic mass is 10.1. The molecule has 1 aliphatic heterocycles. The Bertz CT molecular complexity index is 146. The van der Waals surface area contributed by atoms with Crippen LogP contribution in [0, 0.1) is 0 Å². The van der Waals surface area contributed by atoms with E-state index in [0.29, 0.717) is 0 Å². The normalized spacial score (nSPS) is 27.4. The average molecular weight is 213 g/mol. The van der Waals surface area contributed by atoms with E-state index in [1.807, 2.05) is 0 Å². The molecule has 1 saturated carbocycles. The molecule has 14 heavy (non-hydrogen) atoms. The molecule has 1 aliphatic carbocycles. The van der Waals surface area contributed by atoms with Crippen LogP contribution in [-0.2, 0) is 0 Å². The van der Waals surface area contributed by atoms with E-state index < -0.39 is 0 Å². The van der Waals surface area contributed by atoms with E-state index in [2.05, 4.69) is 17.1 Å². The zero-order valence-corrected chi connectivity index (χ0v) is 9.95. The Morgan fingerprint density at radius 2 is 1.29 bits per heavy atom. The molecule has 2 aliphatic rings. The summed E-state index contributed by atoms with van der Waals surface area (Å²) in [5.74, 6) is 2.76. The van der Waals surface area contributed by atoms with Crippen LogP contribution in [0.2, 0.25) is 0 Å². The standard InChI is InChI=1S/C12H23NS/c1-2-4-6-11(5-3-1)13-12-7-9-14-10-8-12/h11-13H,1-10H2. The van der Waals surface area contributed by atoms with Crippen LogP contribution >= 0.6 is 11.8 Å². The van der Waals surface area contributed by atoms with E-state index in [9.17, 15) is 0 Å². The molecule has 1 N–H and O–H groups in total. The fourth-order valence-corrected chi connectivity index (χ4v) is 3.75. The molecule has 1 saturated heterocycles. The van der Waals surface area contributed by atoms with Gasteiger partial charge < -0.3 is 5.32 Å². The zero-order chi connectivity index (χ0) is 9.64. The highest BCUT2D eigenvalue weighted by atomic mass is 32.2. The van der Waals surface area contributed by atoms with Gasteiger partial charge in [-0.2, -0.15) is 11.8 Å². The van der Waals surface area contributed by atoms with Crippen molar-refractivity contribution in [3.8, 4) is 0 Å². The summed E-state index contributed by atoms with van der Waals surface area (Å²) >= 11 is 2.12. The van der Waals surface area contributed by atoms with Crippen molar-refractivity contribution in [3.63, 3.8) is 0 Å². The van der Waals surface area contributed by atoms with Crippen LogP contribution in [-0.4, -0.2) is 23.6 Å². The Hall–Kier alpha value is 0.310. The minimum atomic E-state index is 0.847. The van der Waals surface area contributed by atoms with Crippen molar-refractivity contribution in [3.05, 3.63) is 0 Å². The maximum atomic E-state index is 3.88. The second-order valence-electron chi connectivity index (χ2n) is 4.74. The molecule has 82 valence electrons. The minimum Gasteiger partial charge on any atom is -0.311 e. The molecule has 0 aromatic carbocycles. The summed E-state index contributed by atoms with van der Waals surface area (Å²) in [6, 6.07) is 1.70. The summed E-state index contributed by atoms with van der Waals surface area (Å²) < 4.78 is 0. The number of rotatable bonds is 2. The van der Waals surface area contributed by atoms with Gasteiger partial charge in [0.2, 0.25) is 0 Å². The summed E-state index contributed by atoms with van der Waals surface area (Å²) in [5, 5.41) is 3.88. The number of hydrogen-bond acceptors (Lipinski definition) is 2. The molecule has 1 heterocycles. The van der Waals surface area contributed by atoms with Gasteiger partial charge in [-0.05, 0) is 37.2 Å². The molecule has 1 nitrogen and oxygen atoms in total. The van der Waals surface area contributed by atoms with Crippen LogP contribution < -0.4 is 5.32 Å². The first kappa shape index (κ1) is 10.8. The lowest BCUT2D eigenvalue weighted by Crippen LogP contribution is -2.40. The van der Waals surface area contributed by atoms with E-state index in [0.717, 1.165) is 12.1 Å². The van der Waals surface area contributed by atoms with E-state index in [1.165, 1.54) is 62.9 Å². The number of thioether (sulfide) groups is 1. The fourth-order valence-electron chi connectivity index (χ4n) is 2.64. The molecule has 0 spiro atoms. The van der Waals surface area contributed by atoms with Gasteiger partial charge in [0.15, 0.2) is 0 Å². The monoisotopic (exact) mass is 213 g/mol. The van der Waals surface area contributed by atoms with Crippen LogP contribution in [0.5, 0.6) is 0 Å². The van der Waals surface area contributed by atoms with Crippen molar-refractivity contribution in [2.24, 2.45) is 0 Å². The topological polar surface area (TPSA) is 12.0 Å². The Labute approximate surface area is 92.4 Å². The Morgan fingerprint density at radius 3 is 1.93 bits per heavy atom. The van der Waals surface area contributed by atoms with Gasteiger partial charge in [-0.15, -0.1) is 0 Å². The molecule has 2 rings (SSSR count). The van der Waals surface area contributed by atoms with Crippen molar-refractivity contribution < 1.29 is 0 Å². The highest BCUT2D eigenvalue weighted by molar-refractivity contribution is 7.99. The van der Waals surface area contributed by atoms with Gasteiger partial charge in [0.1, 0.15) is 0 Å². The van der Waals surface area contributed by atoms with E-state index in [-0.39, 0.29) is 0 Å². The summed E-state index contributed by atoms with van der Waals surface area (Å²) in [5.41, 5.74) is 0. The van der Waals surface area contributed by atoms with E-state index in [1.54, 1.807) is 0 Å². The summed E-state index contributed by atoms with van der Waals surface area (Å²) in [6.07, 6.45) is 11.5. The summed E-state index contributed by atoms with van der Waals surface area (Å²) in [6.45, 7) is 0. The number of hydrogen-bond donors (Lipinski definition) is 1. The Balaban J connectivity index is 1.71. The third kappa shape index (κ3) is 3.47. The highest BCUT2D eigenvalue weighted by Crippen LogP contribution is 2.21. The molecule has 0 radical (unpaired) electrons. The second-order valence-corrected chi connectivity index (χ2v) is 5.97. The first-order chi connectivity index (χ1) is 6.95. The van der Waals surface area contributed by atoms with Gasteiger partial charge in [-0.3, -0.25) is 0 Å². The zero-order valence-electron chi connectivity index (χ0n) is 9.13. The van der Waals surface area contributed by atoms with E-state index in [4.69, 9.17) is 0 Å². The largest absolute Gasteiger partial charge is 0.311 e. The van der Waals surface area contributed by atoms with Crippen molar-refractivity contribution in [1.82, 2.24) is 5.32 Å². The molecule has 0 bridgehead atoms. The molecular formula is C12H23NS. The van der Waals surface area contributed by atoms with Crippen LogP contribution in [0.15, 0.2) is 0 Å². The predicted molar refractivity (Wildman–Crippen MR) is 65.0 cm³/mol. The quantitative estimate of drug-likeness (QED) is 0.707. The lowest BCUT2D eigenvalue weighted by Gasteiger charge is -2.27. The maximum Gasteiger partial charge on any atom is 0.00853 e. The molecular weight excluding hydrogens is 190 g/mol. The maximum absolute atomic E-state index is 3.88. The predicted octanol–water partition coefficient (Wildman–Crippen LogP) is 3.19. The molecule has 2 fully saturated rings. The first-order valence-corrected chi connectivity index (χ1v) is 7.44. The molecule has 0 amide bonds. The van der Waals surface area contributed by atoms with Gasteiger partial charge in [-0.25, -0.2) is 0 Å². The Kier molecular flexibility index (Phi) is 4.65.